The third-order valence-electron chi connectivity index (χ3n) is 2.79. The molecule has 0 amide bonds. The molecule has 0 unspecified atom stereocenters. The Balaban J connectivity index is 2.31. The van der Waals surface area contributed by atoms with E-state index in [9.17, 15) is 0 Å². The molecule has 0 bridgehead atoms. The number of hydrogen-bond donors (Lipinski definition) is 2. The van der Waals surface area contributed by atoms with Crippen molar-refractivity contribution in [2.45, 2.75) is 53.2 Å². The topological polar surface area (TPSA) is 65.1 Å². The van der Waals surface area contributed by atoms with Crippen LogP contribution in [0.2, 0.25) is 0 Å². The number of nitrogens with zero attached hydrogens (tertiary/aromatic N) is 2. The Labute approximate surface area is 110 Å². The SMILES string of the molecule is CCn1nc(C)c(N)c1NCCCCOC(C)C. The fourth-order valence-electron chi connectivity index (χ4n) is 1.76. The van der Waals surface area contributed by atoms with Crippen LogP contribution < -0.4 is 11.1 Å². The highest BCUT2D eigenvalue weighted by Gasteiger charge is 2.10. The van der Waals surface area contributed by atoms with E-state index in [1.54, 1.807) is 0 Å². The van der Waals surface area contributed by atoms with Crippen LogP contribution in [0.3, 0.4) is 0 Å². The molecule has 1 aromatic rings. The maximum atomic E-state index is 5.99. The first-order chi connectivity index (χ1) is 8.56. The number of nitrogens with two attached hydrogens (primary N) is 1. The van der Waals surface area contributed by atoms with Crippen molar-refractivity contribution in [2.24, 2.45) is 0 Å². The average Bonchev–Trinajstić information content (AvgIpc) is 2.60. The molecule has 0 fully saturated rings. The standard InChI is InChI=1S/C13H26N4O/c1-5-17-13(12(14)11(4)16-17)15-8-6-7-9-18-10(2)3/h10,15H,5-9,14H2,1-4H3. The second-order valence-electron chi connectivity index (χ2n) is 4.72. The van der Waals surface area contributed by atoms with E-state index in [-0.39, 0.29) is 0 Å². The van der Waals surface area contributed by atoms with Gasteiger partial charge < -0.3 is 15.8 Å². The summed E-state index contributed by atoms with van der Waals surface area (Å²) in [6.45, 7) is 10.7. The van der Waals surface area contributed by atoms with Crippen LogP contribution in [0.15, 0.2) is 0 Å². The van der Waals surface area contributed by atoms with Gasteiger partial charge in [0.05, 0.1) is 17.5 Å². The first-order valence-corrected chi connectivity index (χ1v) is 6.74. The minimum Gasteiger partial charge on any atom is -0.394 e. The lowest BCUT2D eigenvalue weighted by Crippen LogP contribution is -2.11. The van der Waals surface area contributed by atoms with Crippen LogP contribution in [-0.4, -0.2) is 29.0 Å². The fourth-order valence-corrected chi connectivity index (χ4v) is 1.76. The summed E-state index contributed by atoms with van der Waals surface area (Å²) < 4.78 is 7.41. The van der Waals surface area contributed by atoms with Gasteiger partial charge in [0.1, 0.15) is 5.82 Å². The zero-order valence-electron chi connectivity index (χ0n) is 12.0. The molecular formula is C13H26N4O. The predicted molar refractivity (Wildman–Crippen MR) is 75.9 cm³/mol. The van der Waals surface area contributed by atoms with E-state index in [0.29, 0.717) is 6.10 Å². The van der Waals surface area contributed by atoms with Crippen LogP contribution in [0.1, 0.15) is 39.3 Å². The molecule has 0 saturated carbocycles. The Morgan fingerprint density at radius 1 is 1.39 bits per heavy atom. The molecule has 0 aromatic carbocycles. The van der Waals surface area contributed by atoms with Crippen LogP contribution in [0.25, 0.3) is 0 Å². The molecule has 0 saturated heterocycles. The molecule has 0 aliphatic carbocycles. The average molecular weight is 254 g/mol. The molecule has 104 valence electrons. The summed E-state index contributed by atoms with van der Waals surface area (Å²) in [5, 5.41) is 7.73. The van der Waals surface area contributed by atoms with Gasteiger partial charge >= 0.3 is 0 Å². The monoisotopic (exact) mass is 254 g/mol. The van der Waals surface area contributed by atoms with Crippen molar-refractivity contribution in [1.82, 2.24) is 9.78 Å². The highest BCUT2D eigenvalue weighted by Crippen LogP contribution is 2.21. The first kappa shape index (κ1) is 14.8. The Morgan fingerprint density at radius 2 is 2.11 bits per heavy atom. The minimum absolute atomic E-state index is 0.317. The van der Waals surface area contributed by atoms with Gasteiger partial charge in [0.2, 0.25) is 0 Å². The van der Waals surface area contributed by atoms with E-state index < -0.39 is 0 Å². The molecule has 1 aromatic heterocycles. The van der Waals surface area contributed by atoms with Gasteiger partial charge in [0.15, 0.2) is 0 Å². The van der Waals surface area contributed by atoms with Crippen LogP contribution in [0, 0.1) is 6.92 Å². The molecule has 0 atom stereocenters. The Hall–Kier alpha value is -1.23. The second-order valence-corrected chi connectivity index (χ2v) is 4.72. The van der Waals surface area contributed by atoms with Gasteiger partial charge in [0, 0.05) is 19.7 Å². The van der Waals surface area contributed by atoms with E-state index in [4.69, 9.17) is 10.5 Å². The van der Waals surface area contributed by atoms with Gasteiger partial charge in [-0.15, -0.1) is 0 Å². The lowest BCUT2D eigenvalue weighted by Gasteiger charge is -2.10. The highest BCUT2D eigenvalue weighted by molar-refractivity contribution is 5.64. The zero-order chi connectivity index (χ0) is 13.5. The number of ether oxygens (including phenoxy) is 1. The Bertz CT molecular complexity index is 360. The van der Waals surface area contributed by atoms with Crippen LogP contribution in [-0.2, 0) is 11.3 Å². The van der Waals surface area contributed by atoms with Crippen molar-refractivity contribution >= 4 is 11.5 Å². The quantitative estimate of drug-likeness (QED) is 0.699. The van der Waals surface area contributed by atoms with Crippen molar-refractivity contribution in [3.63, 3.8) is 0 Å². The summed E-state index contributed by atoms with van der Waals surface area (Å²) in [7, 11) is 0. The third kappa shape index (κ3) is 4.22. The number of hydrogen-bond acceptors (Lipinski definition) is 4. The number of unbranched alkanes of at least 4 members (excludes halogenated alkanes) is 1. The zero-order valence-corrected chi connectivity index (χ0v) is 12.0. The normalized spacial score (nSPS) is 11.2. The highest BCUT2D eigenvalue weighted by atomic mass is 16.5. The summed E-state index contributed by atoms with van der Waals surface area (Å²) in [6.07, 6.45) is 2.45. The van der Waals surface area contributed by atoms with E-state index in [1.807, 2.05) is 11.6 Å². The number of anilines is 2. The number of rotatable bonds is 8. The lowest BCUT2D eigenvalue weighted by molar-refractivity contribution is 0.0765. The third-order valence-corrected chi connectivity index (χ3v) is 2.79. The van der Waals surface area contributed by atoms with Gasteiger partial charge in [-0.05, 0) is 40.5 Å². The maximum absolute atomic E-state index is 5.99. The molecule has 0 spiro atoms. The number of aryl methyl sites for hydroxylation is 2. The number of aromatic nitrogens is 2. The summed E-state index contributed by atoms with van der Waals surface area (Å²) in [4.78, 5) is 0. The van der Waals surface area contributed by atoms with E-state index >= 15 is 0 Å². The molecule has 1 rings (SSSR count). The van der Waals surface area contributed by atoms with Gasteiger partial charge in [-0.2, -0.15) is 5.10 Å². The molecule has 0 aliphatic rings. The summed E-state index contributed by atoms with van der Waals surface area (Å²) in [5.74, 6) is 0.944. The smallest absolute Gasteiger partial charge is 0.148 e. The van der Waals surface area contributed by atoms with Crippen molar-refractivity contribution < 1.29 is 4.74 Å². The molecule has 18 heavy (non-hydrogen) atoms. The van der Waals surface area contributed by atoms with E-state index in [1.165, 1.54) is 0 Å². The summed E-state index contributed by atoms with van der Waals surface area (Å²) in [6, 6.07) is 0. The van der Waals surface area contributed by atoms with Crippen LogP contribution in [0.5, 0.6) is 0 Å². The van der Waals surface area contributed by atoms with E-state index in [0.717, 1.165) is 49.7 Å². The molecule has 5 nitrogen and oxygen atoms in total. The van der Waals surface area contributed by atoms with Gasteiger partial charge in [0.25, 0.3) is 0 Å². The van der Waals surface area contributed by atoms with Crippen molar-refractivity contribution in [2.75, 3.05) is 24.2 Å². The van der Waals surface area contributed by atoms with Gasteiger partial charge in [-0.1, -0.05) is 0 Å². The summed E-state index contributed by atoms with van der Waals surface area (Å²) >= 11 is 0. The minimum atomic E-state index is 0.317. The van der Waals surface area contributed by atoms with Crippen molar-refractivity contribution in [1.29, 1.82) is 0 Å². The molecule has 3 N–H and O–H groups in total. The van der Waals surface area contributed by atoms with Crippen LogP contribution >= 0.6 is 0 Å². The van der Waals surface area contributed by atoms with Gasteiger partial charge in [-0.25, -0.2) is 4.68 Å². The molecule has 5 heteroatoms. The second kappa shape index (κ2) is 7.26. The number of nitrogens with one attached hydrogen (secondary N) is 1. The molecule has 0 aliphatic heterocycles. The molecular weight excluding hydrogens is 228 g/mol. The first-order valence-electron chi connectivity index (χ1n) is 6.74. The lowest BCUT2D eigenvalue weighted by atomic mass is 10.3. The Kier molecular flexibility index (Phi) is 5.98. The maximum Gasteiger partial charge on any atom is 0.148 e. The van der Waals surface area contributed by atoms with Crippen molar-refractivity contribution in [3.05, 3.63) is 5.69 Å². The van der Waals surface area contributed by atoms with E-state index in [2.05, 4.69) is 31.2 Å². The number of nitrogen functional groups attached to an aromatic ring is 1. The Morgan fingerprint density at radius 3 is 2.72 bits per heavy atom. The molecule has 1 heterocycles. The largest absolute Gasteiger partial charge is 0.394 e. The molecule has 0 radical (unpaired) electrons. The summed E-state index contributed by atoms with van der Waals surface area (Å²) in [5.41, 5.74) is 7.64. The fraction of sp³-hybridized carbons (Fsp3) is 0.769. The predicted octanol–water partition coefficient (Wildman–Crippen LogP) is 2.41. The van der Waals surface area contributed by atoms with Crippen molar-refractivity contribution in [3.8, 4) is 0 Å². The van der Waals surface area contributed by atoms with Crippen LogP contribution in [0.4, 0.5) is 11.5 Å². The van der Waals surface area contributed by atoms with Gasteiger partial charge in [-0.3, -0.25) is 0 Å².